The van der Waals surface area contributed by atoms with Gasteiger partial charge in [0.05, 0.1) is 4.90 Å². The lowest BCUT2D eigenvalue weighted by atomic mass is 10.2. The molecule has 0 aromatic heterocycles. The summed E-state index contributed by atoms with van der Waals surface area (Å²) in [6.45, 7) is 0. The normalized spacial score (nSPS) is 16.3. The second-order valence-corrected chi connectivity index (χ2v) is 6.56. The van der Waals surface area contributed by atoms with Gasteiger partial charge in [0.1, 0.15) is 0 Å². The zero-order chi connectivity index (χ0) is 11.6. The predicted molar refractivity (Wildman–Crippen MR) is 67.0 cm³/mol. The first-order valence-electron chi connectivity index (χ1n) is 5.22. The van der Waals surface area contributed by atoms with Crippen LogP contribution in [0.3, 0.4) is 0 Å². The van der Waals surface area contributed by atoms with Gasteiger partial charge in [-0.15, -0.1) is 0 Å². The molecule has 1 aliphatic carbocycles. The molecule has 0 heterocycles. The fourth-order valence-corrected chi connectivity index (χ4v) is 3.35. The maximum atomic E-state index is 11.9. The summed E-state index contributed by atoms with van der Waals surface area (Å²) in [5.74, 6) is 0.840. The van der Waals surface area contributed by atoms with E-state index in [4.69, 9.17) is 0 Å². The van der Waals surface area contributed by atoms with Crippen molar-refractivity contribution < 1.29 is 8.42 Å². The molecule has 88 valence electrons. The number of rotatable bonds is 5. The molecular weight excluding hydrogens is 242 g/mol. The van der Waals surface area contributed by atoms with E-state index in [9.17, 15) is 8.42 Å². The summed E-state index contributed by atoms with van der Waals surface area (Å²) in [5.41, 5.74) is 1.05. The van der Waals surface area contributed by atoms with Crippen LogP contribution in [0.2, 0.25) is 0 Å². The van der Waals surface area contributed by atoms with Crippen molar-refractivity contribution in [3.8, 4) is 0 Å². The first kappa shape index (κ1) is 12.0. The number of nitrogens with one attached hydrogen (secondary N) is 1. The molecule has 0 aliphatic heterocycles. The minimum absolute atomic E-state index is 0.161. The van der Waals surface area contributed by atoms with E-state index in [1.807, 2.05) is 12.3 Å². The second kappa shape index (κ2) is 4.77. The van der Waals surface area contributed by atoms with Crippen LogP contribution in [0.4, 0.5) is 0 Å². The summed E-state index contributed by atoms with van der Waals surface area (Å²) in [4.78, 5) is 0.381. The van der Waals surface area contributed by atoms with Gasteiger partial charge in [-0.05, 0) is 36.8 Å². The standard InChI is InChI=1S/C11H15NO2S2/c1-15-8-9-3-2-4-11(7-9)16(13,14)12-10-5-6-10/h2-4,7,10,12H,5-6,8H2,1H3. The fraction of sp³-hybridized carbons (Fsp3) is 0.455. The molecule has 0 spiro atoms. The maximum Gasteiger partial charge on any atom is 0.240 e. The predicted octanol–water partition coefficient (Wildman–Crippen LogP) is 1.99. The third-order valence-corrected chi connectivity index (χ3v) is 4.56. The fourth-order valence-electron chi connectivity index (χ4n) is 1.46. The SMILES string of the molecule is CSCc1cccc(S(=O)(=O)NC2CC2)c1. The van der Waals surface area contributed by atoms with E-state index in [0.717, 1.165) is 24.2 Å². The van der Waals surface area contributed by atoms with Gasteiger partial charge in [0.2, 0.25) is 10.0 Å². The molecule has 5 heteroatoms. The highest BCUT2D eigenvalue weighted by Gasteiger charge is 2.27. The molecule has 1 N–H and O–H groups in total. The van der Waals surface area contributed by atoms with Crippen LogP contribution in [0.15, 0.2) is 29.2 Å². The van der Waals surface area contributed by atoms with Gasteiger partial charge in [0.15, 0.2) is 0 Å². The van der Waals surface area contributed by atoms with E-state index in [1.54, 1.807) is 30.0 Å². The highest BCUT2D eigenvalue weighted by atomic mass is 32.2. The molecule has 1 saturated carbocycles. The molecule has 0 saturated heterocycles. The van der Waals surface area contributed by atoms with Crippen molar-refractivity contribution in [3.05, 3.63) is 29.8 Å². The summed E-state index contributed by atoms with van der Waals surface area (Å²) in [6.07, 6.45) is 3.93. The average Bonchev–Trinajstić information content (AvgIpc) is 3.02. The number of hydrogen-bond acceptors (Lipinski definition) is 3. The number of benzene rings is 1. The first-order chi connectivity index (χ1) is 7.62. The molecule has 1 fully saturated rings. The van der Waals surface area contributed by atoms with Crippen LogP contribution >= 0.6 is 11.8 Å². The van der Waals surface area contributed by atoms with Gasteiger partial charge >= 0.3 is 0 Å². The maximum absolute atomic E-state index is 11.9. The molecule has 1 aromatic carbocycles. The van der Waals surface area contributed by atoms with E-state index >= 15 is 0 Å². The minimum Gasteiger partial charge on any atom is -0.208 e. The Morgan fingerprint density at radius 1 is 1.44 bits per heavy atom. The molecule has 0 amide bonds. The molecule has 1 aromatic rings. The number of thioether (sulfide) groups is 1. The molecule has 1 aliphatic rings. The highest BCUT2D eigenvalue weighted by molar-refractivity contribution is 7.97. The molecule has 2 rings (SSSR count). The molecule has 0 radical (unpaired) electrons. The molecule has 3 nitrogen and oxygen atoms in total. The van der Waals surface area contributed by atoms with Gasteiger partial charge in [-0.3, -0.25) is 0 Å². The van der Waals surface area contributed by atoms with E-state index < -0.39 is 10.0 Å². The lowest BCUT2D eigenvalue weighted by Crippen LogP contribution is -2.25. The quantitative estimate of drug-likeness (QED) is 0.877. The van der Waals surface area contributed by atoms with Crippen molar-refractivity contribution in [2.75, 3.05) is 6.26 Å². The average molecular weight is 257 g/mol. The lowest BCUT2D eigenvalue weighted by molar-refractivity contribution is 0.581. The van der Waals surface area contributed by atoms with Crippen molar-refractivity contribution in [2.45, 2.75) is 29.5 Å². The van der Waals surface area contributed by atoms with Crippen LogP contribution in [-0.4, -0.2) is 20.7 Å². The summed E-state index contributed by atoms with van der Waals surface area (Å²) in [5, 5.41) is 0. The van der Waals surface area contributed by atoms with Crippen molar-refractivity contribution in [3.63, 3.8) is 0 Å². The largest absolute Gasteiger partial charge is 0.240 e. The Bertz CT molecular complexity index is 467. The Labute approximate surface area is 101 Å². The zero-order valence-corrected chi connectivity index (χ0v) is 10.8. The van der Waals surface area contributed by atoms with Crippen LogP contribution in [-0.2, 0) is 15.8 Å². The van der Waals surface area contributed by atoms with Crippen LogP contribution in [0.5, 0.6) is 0 Å². The first-order valence-corrected chi connectivity index (χ1v) is 8.10. The summed E-state index contributed by atoms with van der Waals surface area (Å²) < 4.78 is 26.5. The van der Waals surface area contributed by atoms with Crippen LogP contribution in [0.1, 0.15) is 18.4 Å². The lowest BCUT2D eigenvalue weighted by Gasteiger charge is -2.06. The highest BCUT2D eigenvalue weighted by Crippen LogP contribution is 2.22. The van der Waals surface area contributed by atoms with Crippen molar-refractivity contribution >= 4 is 21.8 Å². The molecule has 0 unspecified atom stereocenters. The smallest absolute Gasteiger partial charge is 0.208 e. The van der Waals surface area contributed by atoms with E-state index in [-0.39, 0.29) is 6.04 Å². The minimum atomic E-state index is -3.30. The van der Waals surface area contributed by atoms with Crippen molar-refractivity contribution in [1.29, 1.82) is 0 Å². The molecular formula is C11H15NO2S2. The number of sulfonamides is 1. The molecule has 0 bridgehead atoms. The summed E-state index contributed by atoms with van der Waals surface area (Å²) in [6, 6.07) is 7.31. The third-order valence-electron chi connectivity index (χ3n) is 2.42. The van der Waals surface area contributed by atoms with E-state index in [2.05, 4.69) is 4.72 Å². The van der Waals surface area contributed by atoms with Crippen molar-refractivity contribution in [2.24, 2.45) is 0 Å². The zero-order valence-electron chi connectivity index (χ0n) is 9.14. The second-order valence-electron chi connectivity index (χ2n) is 3.98. The Morgan fingerprint density at radius 2 is 2.19 bits per heavy atom. The van der Waals surface area contributed by atoms with Gasteiger partial charge in [0, 0.05) is 11.8 Å². The van der Waals surface area contributed by atoms with Crippen molar-refractivity contribution in [1.82, 2.24) is 4.72 Å². The monoisotopic (exact) mass is 257 g/mol. The van der Waals surface area contributed by atoms with E-state index in [0.29, 0.717) is 4.90 Å². The Kier molecular flexibility index (Phi) is 3.56. The van der Waals surface area contributed by atoms with E-state index in [1.165, 1.54) is 0 Å². The van der Waals surface area contributed by atoms with Gasteiger partial charge in [-0.1, -0.05) is 12.1 Å². The number of hydrogen-bond donors (Lipinski definition) is 1. The Balaban J connectivity index is 2.21. The van der Waals surface area contributed by atoms with Crippen LogP contribution in [0, 0.1) is 0 Å². The summed E-state index contributed by atoms with van der Waals surface area (Å²) >= 11 is 1.69. The third kappa shape index (κ3) is 2.99. The molecule has 16 heavy (non-hydrogen) atoms. The van der Waals surface area contributed by atoms with Gasteiger partial charge in [-0.2, -0.15) is 11.8 Å². The van der Waals surface area contributed by atoms with Gasteiger partial charge in [-0.25, -0.2) is 13.1 Å². The van der Waals surface area contributed by atoms with Gasteiger partial charge < -0.3 is 0 Å². The Morgan fingerprint density at radius 3 is 2.81 bits per heavy atom. The topological polar surface area (TPSA) is 46.2 Å². The van der Waals surface area contributed by atoms with Crippen LogP contribution in [0.25, 0.3) is 0 Å². The van der Waals surface area contributed by atoms with Gasteiger partial charge in [0.25, 0.3) is 0 Å². The summed E-state index contributed by atoms with van der Waals surface area (Å²) in [7, 11) is -3.30. The van der Waals surface area contributed by atoms with Crippen LogP contribution < -0.4 is 4.72 Å². The molecule has 0 atom stereocenters. The Hall–Kier alpha value is -0.520.